The highest BCUT2D eigenvalue weighted by Gasteiger charge is 2.42. The predicted octanol–water partition coefficient (Wildman–Crippen LogP) is 4.73. The molecule has 4 nitrogen and oxygen atoms in total. The van der Waals surface area contributed by atoms with Crippen molar-refractivity contribution >= 4 is 29.8 Å². The fourth-order valence-electron chi connectivity index (χ4n) is 3.32. The molecule has 0 atom stereocenters. The van der Waals surface area contributed by atoms with Crippen molar-refractivity contribution in [2.24, 2.45) is 5.92 Å². The molecule has 3 rings (SSSR count). The Morgan fingerprint density at radius 3 is 2.23 bits per heavy atom. The molecule has 1 aromatic carbocycles. The van der Waals surface area contributed by atoms with E-state index in [0.717, 1.165) is 0 Å². The number of halogens is 5. The standard InChI is InChI=1S/C17H17ClF3N3O.ClH/c18-12-5-7-13(8-6-12)24-15(25)9-14(22)23-16(24)10-1-3-11(4-2-10)17(19,20)21;/h5-11H,1-4,22H2;1H/t10-,11+;. The summed E-state index contributed by atoms with van der Waals surface area (Å²) < 4.78 is 40.0. The third-order valence-corrected chi connectivity index (χ3v) is 4.86. The summed E-state index contributed by atoms with van der Waals surface area (Å²) in [4.78, 5) is 16.7. The van der Waals surface area contributed by atoms with Crippen molar-refractivity contribution in [2.45, 2.75) is 37.8 Å². The predicted molar refractivity (Wildman–Crippen MR) is 97.3 cm³/mol. The van der Waals surface area contributed by atoms with Gasteiger partial charge >= 0.3 is 6.18 Å². The molecule has 1 heterocycles. The van der Waals surface area contributed by atoms with Crippen molar-refractivity contribution in [3.63, 3.8) is 0 Å². The minimum absolute atomic E-state index is 0. The average Bonchev–Trinajstić information content (AvgIpc) is 2.55. The lowest BCUT2D eigenvalue weighted by atomic mass is 9.81. The Bertz CT molecular complexity index is 813. The minimum Gasteiger partial charge on any atom is -0.383 e. The van der Waals surface area contributed by atoms with Gasteiger partial charge in [-0.25, -0.2) is 4.98 Å². The van der Waals surface area contributed by atoms with Gasteiger partial charge < -0.3 is 5.73 Å². The summed E-state index contributed by atoms with van der Waals surface area (Å²) in [6, 6.07) is 7.84. The number of benzene rings is 1. The lowest BCUT2D eigenvalue weighted by Crippen LogP contribution is -2.31. The van der Waals surface area contributed by atoms with Gasteiger partial charge in [0.1, 0.15) is 11.6 Å². The summed E-state index contributed by atoms with van der Waals surface area (Å²) in [6.45, 7) is 0. The summed E-state index contributed by atoms with van der Waals surface area (Å²) in [5.74, 6) is -1.05. The molecule has 0 unspecified atom stereocenters. The maximum absolute atomic E-state index is 12.9. The van der Waals surface area contributed by atoms with E-state index in [9.17, 15) is 18.0 Å². The highest BCUT2D eigenvalue weighted by atomic mass is 35.5. The van der Waals surface area contributed by atoms with E-state index in [2.05, 4.69) is 4.98 Å². The Morgan fingerprint density at radius 1 is 1.12 bits per heavy atom. The van der Waals surface area contributed by atoms with Crippen molar-refractivity contribution in [1.29, 1.82) is 0 Å². The first kappa shape index (κ1) is 20.6. The molecular weight excluding hydrogens is 390 g/mol. The van der Waals surface area contributed by atoms with E-state index >= 15 is 0 Å². The number of nitrogen functional groups attached to an aromatic ring is 1. The molecule has 2 N–H and O–H groups in total. The Balaban J connectivity index is 0.00000243. The van der Waals surface area contributed by atoms with Crippen LogP contribution in [0.25, 0.3) is 5.69 Å². The average molecular weight is 408 g/mol. The Hall–Kier alpha value is -1.73. The van der Waals surface area contributed by atoms with E-state index in [4.69, 9.17) is 17.3 Å². The number of alkyl halides is 3. The number of rotatable bonds is 2. The number of nitrogens with two attached hydrogens (primary N) is 1. The van der Waals surface area contributed by atoms with Gasteiger partial charge in [0, 0.05) is 17.0 Å². The van der Waals surface area contributed by atoms with Gasteiger partial charge in [0.25, 0.3) is 5.56 Å². The van der Waals surface area contributed by atoms with E-state index in [1.54, 1.807) is 24.3 Å². The second kappa shape index (κ2) is 7.88. The molecule has 1 fully saturated rings. The number of nitrogens with zero attached hydrogens (tertiary/aromatic N) is 2. The zero-order chi connectivity index (χ0) is 18.2. The fourth-order valence-corrected chi connectivity index (χ4v) is 3.45. The molecular formula is C17H18Cl2F3N3O. The molecule has 142 valence electrons. The third-order valence-electron chi connectivity index (χ3n) is 4.60. The van der Waals surface area contributed by atoms with Gasteiger partial charge in [-0.1, -0.05) is 11.6 Å². The topological polar surface area (TPSA) is 60.9 Å². The van der Waals surface area contributed by atoms with Crippen LogP contribution in [-0.2, 0) is 0 Å². The van der Waals surface area contributed by atoms with Gasteiger partial charge in [0.05, 0.1) is 11.6 Å². The quantitative estimate of drug-likeness (QED) is 0.782. The second-order valence-electron chi connectivity index (χ2n) is 6.28. The molecule has 0 saturated heterocycles. The van der Waals surface area contributed by atoms with Crippen LogP contribution in [0, 0.1) is 5.92 Å². The molecule has 0 radical (unpaired) electrons. The third kappa shape index (κ3) is 4.32. The largest absolute Gasteiger partial charge is 0.391 e. The number of hydrogen-bond donors (Lipinski definition) is 1. The Morgan fingerprint density at radius 2 is 1.69 bits per heavy atom. The fraction of sp³-hybridized carbons (Fsp3) is 0.412. The summed E-state index contributed by atoms with van der Waals surface area (Å²) >= 11 is 5.88. The summed E-state index contributed by atoms with van der Waals surface area (Å²) in [7, 11) is 0. The lowest BCUT2D eigenvalue weighted by Gasteiger charge is -2.30. The van der Waals surface area contributed by atoms with Gasteiger partial charge in [-0.15, -0.1) is 12.4 Å². The zero-order valence-electron chi connectivity index (χ0n) is 13.7. The normalized spacial score (nSPS) is 20.5. The van der Waals surface area contributed by atoms with Gasteiger partial charge in [0.2, 0.25) is 0 Å². The molecule has 0 bridgehead atoms. The SMILES string of the molecule is Cl.Nc1cc(=O)n(-c2ccc(Cl)cc2)c([C@H]2CC[C@@H](C(F)(F)F)CC2)n1. The molecule has 0 spiro atoms. The number of anilines is 1. The van der Waals surface area contributed by atoms with Crippen LogP contribution in [-0.4, -0.2) is 15.7 Å². The maximum atomic E-state index is 12.9. The van der Waals surface area contributed by atoms with Crippen LogP contribution in [0.3, 0.4) is 0 Å². The van der Waals surface area contributed by atoms with E-state index in [-0.39, 0.29) is 42.5 Å². The number of hydrogen-bond acceptors (Lipinski definition) is 3. The van der Waals surface area contributed by atoms with Crippen molar-refractivity contribution < 1.29 is 13.2 Å². The van der Waals surface area contributed by atoms with Gasteiger partial charge in [-0.2, -0.15) is 13.2 Å². The summed E-state index contributed by atoms with van der Waals surface area (Å²) in [5.41, 5.74) is 5.91. The molecule has 2 aromatic rings. The Labute approximate surface area is 159 Å². The van der Waals surface area contributed by atoms with E-state index in [0.29, 0.717) is 29.4 Å². The molecule has 0 amide bonds. The highest BCUT2D eigenvalue weighted by Crippen LogP contribution is 2.42. The first-order valence-corrected chi connectivity index (χ1v) is 8.35. The molecule has 1 aliphatic carbocycles. The van der Waals surface area contributed by atoms with Crippen molar-refractivity contribution in [1.82, 2.24) is 9.55 Å². The van der Waals surface area contributed by atoms with Crippen LogP contribution in [0.4, 0.5) is 19.0 Å². The first-order chi connectivity index (χ1) is 11.8. The van der Waals surface area contributed by atoms with Crippen LogP contribution >= 0.6 is 24.0 Å². The second-order valence-corrected chi connectivity index (χ2v) is 6.72. The van der Waals surface area contributed by atoms with Crippen LogP contribution in [0.5, 0.6) is 0 Å². The summed E-state index contributed by atoms with van der Waals surface area (Å²) in [5, 5.41) is 0.521. The van der Waals surface area contributed by atoms with Gasteiger partial charge in [0.15, 0.2) is 0 Å². The monoisotopic (exact) mass is 407 g/mol. The molecule has 0 aliphatic heterocycles. The minimum atomic E-state index is -4.18. The highest BCUT2D eigenvalue weighted by molar-refractivity contribution is 6.30. The van der Waals surface area contributed by atoms with Crippen molar-refractivity contribution in [3.8, 4) is 5.69 Å². The van der Waals surface area contributed by atoms with Crippen LogP contribution in [0.2, 0.25) is 5.02 Å². The molecule has 1 aliphatic rings. The van der Waals surface area contributed by atoms with E-state index < -0.39 is 12.1 Å². The molecule has 9 heteroatoms. The first-order valence-electron chi connectivity index (χ1n) is 7.98. The van der Waals surface area contributed by atoms with E-state index in [1.807, 2.05) is 0 Å². The van der Waals surface area contributed by atoms with Crippen LogP contribution in [0.1, 0.15) is 37.4 Å². The van der Waals surface area contributed by atoms with Crippen molar-refractivity contribution in [3.05, 3.63) is 51.5 Å². The maximum Gasteiger partial charge on any atom is 0.391 e. The Kier molecular flexibility index (Phi) is 6.24. The molecule has 1 saturated carbocycles. The van der Waals surface area contributed by atoms with Crippen LogP contribution < -0.4 is 11.3 Å². The smallest absolute Gasteiger partial charge is 0.383 e. The number of aromatic nitrogens is 2. The lowest BCUT2D eigenvalue weighted by molar-refractivity contribution is -0.182. The van der Waals surface area contributed by atoms with E-state index in [1.165, 1.54) is 10.6 Å². The zero-order valence-corrected chi connectivity index (χ0v) is 15.2. The van der Waals surface area contributed by atoms with Crippen molar-refractivity contribution in [2.75, 3.05) is 5.73 Å². The van der Waals surface area contributed by atoms with Crippen LogP contribution in [0.15, 0.2) is 35.1 Å². The van der Waals surface area contributed by atoms with Gasteiger partial charge in [-0.05, 0) is 49.9 Å². The summed E-state index contributed by atoms with van der Waals surface area (Å²) in [6.07, 6.45) is -3.50. The molecule has 26 heavy (non-hydrogen) atoms. The van der Waals surface area contributed by atoms with Gasteiger partial charge in [-0.3, -0.25) is 9.36 Å². The molecule has 1 aromatic heterocycles.